The Bertz CT molecular complexity index is 218. The van der Waals surface area contributed by atoms with Gasteiger partial charge in [-0.1, -0.05) is 19.8 Å². The van der Waals surface area contributed by atoms with Crippen molar-refractivity contribution in [3.63, 3.8) is 0 Å². The molecule has 0 N–H and O–H groups in total. The smallest absolute Gasteiger partial charge is 0.322 e. The minimum Gasteiger partial charge on any atom is -0.468 e. The molecule has 0 heterocycles. The number of likely N-dealkylation sites (N-methyl/N-ethyl adjacent to an activating group) is 1. The summed E-state index contributed by atoms with van der Waals surface area (Å²) >= 11 is 0. The van der Waals surface area contributed by atoms with Crippen molar-refractivity contribution in [1.82, 2.24) is 4.90 Å². The van der Waals surface area contributed by atoms with Crippen molar-refractivity contribution in [2.45, 2.75) is 51.6 Å². The van der Waals surface area contributed by atoms with Crippen molar-refractivity contribution in [1.29, 1.82) is 0 Å². The topological polar surface area (TPSA) is 29.5 Å². The molecule has 0 aromatic carbocycles. The summed E-state index contributed by atoms with van der Waals surface area (Å²) < 4.78 is 4.78. The Morgan fingerprint density at radius 1 is 1.40 bits per heavy atom. The summed E-state index contributed by atoms with van der Waals surface area (Å²) in [6, 6.07) is 0.411. The molecular formula is C12H23NO2. The van der Waals surface area contributed by atoms with Gasteiger partial charge >= 0.3 is 5.97 Å². The predicted molar refractivity (Wildman–Crippen MR) is 60.7 cm³/mol. The number of ether oxygens (including phenoxy) is 1. The van der Waals surface area contributed by atoms with Crippen LogP contribution >= 0.6 is 0 Å². The van der Waals surface area contributed by atoms with Crippen LogP contribution in [0, 0.1) is 5.92 Å². The second-order valence-corrected chi connectivity index (χ2v) is 4.69. The highest BCUT2D eigenvalue weighted by atomic mass is 16.5. The van der Waals surface area contributed by atoms with Crippen LogP contribution in [-0.4, -0.2) is 37.1 Å². The van der Waals surface area contributed by atoms with Gasteiger partial charge in [0.1, 0.15) is 6.04 Å². The van der Waals surface area contributed by atoms with Gasteiger partial charge in [-0.3, -0.25) is 9.69 Å². The molecule has 0 bridgehead atoms. The number of hydrogen-bond donors (Lipinski definition) is 0. The molecule has 1 aliphatic rings. The number of esters is 1. The van der Waals surface area contributed by atoms with Crippen LogP contribution in [0.4, 0.5) is 0 Å². The third-order valence-electron chi connectivity index (χ3n) is 3.74. The molecule has 3 unspecified atom stereocenters. The Morgan fingerprint density at radius 2 is 2.00 bits per heavy atom. The van der Waals surface area contributed by atoms with Crippen molar-refractivity contribution in [3.8, 4) is 0 Å². The molecule has 0 aromatic heterocycles. The molecule has 3 atom stereocenters. The molecule has 0 aromatic rings. The van der Waals surface area contributed by atoms with Crippen LogP contribution < -0.4 is 0 Å². The summed E-state index contributed by atoms with van der Waals surface area (Å²) in [5, 5.41) is 0. The molecule has 0 radical (unpaired) electrons. The number of methoxy groups -OCH3 is 1. The first-order valence-corrected chi connectivity index (χ1v) is 5.87. The quantitative estimate of drug-likeness (QED) is 0.672. The molecule has 3 nitrogen and oxygen atoms in total. The minimum atomic E-state index is -0.129. The van der Waals surface area contributed by atoms with Gasteiger partial charge in [-0.2, -0.15) is 0 Å². The van der Waals surface area contributed by atoms with Crippen molar-refractivity contribution < 1.29 is 9.53 Å². The minimum absolute atomic E-state index is 0.124. The molecule has 1 saturated carbocycles. The van der Waals surface area contributed by atoms with Crippen LogP contribution in [0.3, 0.4) is 0 Å². The van der Waals surface area contributed by atoms with Gasteiger partial charge in [0.2, 0.25) is 0 Å². The van der Waals surface area contributed by atoms with Crippen LogP contribution in [0.1, 0.15) is 39.5 Å². The van der Waals surface area contributed by atoms with Gasteiger partial charge in [-0.15, -0.1) is 0 Å². The zero-order valence-electron chi connectivity index (χ0n) is 10.3. The molecule has 88 valence electrons. The Hall–Kier alpha value is -0.570. The number of rotatable bonds is 3. The predicted octanol–water partition coefficient (Wildman–Crippen LogP) is 2.06. The molecule has 0 amide bonds. The van der Waals surface area contributed by atoms with Gasteiger partial charge in [-0.05, 0) is 32.7 Å². The lowest BCUT2D eigenvalue weighted by Gasteiger charge is -2.38. The third-order valence-corrected chi connectivity index (χ3v) is 3.74. The summed E-state index contributed by atoms with van der Waals surface area (Å²) in [5.41, 5.74) is 0. The highest BCUT2D eigenvalue weighted by Gasteiger charge is 2.30. The molecule has 0 aliphatic heterocycles. The van der Waals surface area contributed by atoms with E-state index in [2.05, 4.69) is 11.8 Å². The normalized spacial score (nSPS) is 28.9. The summed E-state index contributed by atoms with van der Waals surface area (Å²) in [7, 11) is 3.49. The lowest BCUT2D eigenvalue weighted by molar-refractivity contribution is -0.147. The second kappa shape index (κ2) is 5.50. The fourth-order valence-corrected chi connectivity index (χ4v) is 2.53. The van der Waals surface area contributed by atoms with E-state index < -0.39 is 0 Å². The Morgan fingerprint density at radius 3 is 2.53 bits per heavy atom. The molecule has 15 heavy (non-hydrogen) atoms. The zero-order valence-corrected chi connectivity index (χ0v) is 10.3. The first kappa shape index (κ1) is 12.5. The molecule has 0 saturated heterocycles. The van der Waals surface area contributed by atoms with Crippen LogP contribution in [0.25, 0.3) is 0 Å². The third kappa shape index (κ3) is 2.94. The van der Waals surface area contributed by atoms with Gasteiger partial charge in [0.25, 0.3) is 0 Å². The maximum atomic E-state index is 11.4. The average Bonchev–Trinajstić information content (AvgIpc) is 2.26. The maximum absolute atomic E-state index is 11.4. The Kier molecular flexibility index (Phi) is 4.58. The van der Waals surface area contributed by atoms with Gasteiger partial charge in [-0.25, -0.2) is 0 Å². The molecular weight excluding hydrogens is 190 g/mol. The Balaban J connectivity index is 2.57. The van der Waals surface area contributed by atoms with E-state index in [-0.39, 0.29) is 12.0 Å². The lowest BCUT2D eigenvalue weighted by atomic mass is 9.84. The summed E-state index contributed by atoms with van der Waals surface area (Å²) in [6.07, 6.45) is 5.10. The van der Waals surface area contributed by atoms with Crippen molar-refractivity contribution in [2.24, 2.45) is 5.92 Å². The van der Waals surface area contributed by atoms with Gasteiger partial charge in [0.05, 0.1) is 7.11 Å². The highest BCUT2D eigenvalue weighted by molar-refractivity contribution is 5.75. The van der Waals surface area contributed by atoms with Crippen molar-refractivity contribution in [2.75, 3.05) is 14.2 Å². The zero-order chi connectivity index (χ0) is 11.4. The lowest BCUT2D eigenvalue weighted by Crippen LogP contribution is -2.47. The molecule has 3 heteroatoms. The van der Waals surface area contributed by atoms with E-state index in [1.807, 2.05) is 14.0 Å². The van der Waals surface area contributed by atoms with E-state index in [0.29, 0.717) is 12.0 Å². The average molecular weight is 213 g/mol. The van der Waals surface area contributed by atoms with Crippen molar-refractivity contribution >= 4 is 5.97 Å². The number of hydrogen-bond acceptors (Lipinski definition) is 3. The summed E-state index contributed by atoms with van der Waals surface area (Å²) in [6.45, 7) is 4.21. The summed E-state index contributed by atoms with van der Waals surface area (Å²) in [4.78, 5) is 13.6. The fourth-order valence-electron chi connectivity index (χ4n) is 2.53. The maximum Gasteiger partial charge on any atom is 0.322 e. The van der Waals surface area contributed by atoms with E-state index in [1.54, 1.807) is 0 Å². The fraction of sp³-hybridized carbons (Fsp3) is 0.917. The van der Waals surface area contributed by atoms with Crippen LogP contribution in [0.2, 0.25) is 0 Å². The number of carbonyl (C=O) groups excluding carboxylic acids is 1. The van der Waals surface area contributed by atoms with E-state index in [1.165, 1.54) is 32.8 Å². The highest BCUT2D eigenvalue weighted by Crippen LogP contribution is 2.28. The van der Waals surface area contributed by atoms with Crippen molar-refractivity contribution in [3.05, 3.63) is 0 Å². The van der Waals surface area contributed by atoms with Crippen LogP contribution in [0.15, 0.2) is 0 Å². The standard InChI is InChI=1S/C12H23NO2/c1-9-7-5-6-8-11(9)13(3)10(2)12(14)15-4/h9-11H,5-8H2,1-4H3. The van der Waals surface area contributed by atoms with Gasteiger partial charge in [0, 0.05) is 6.04 Å². The number of nitrogens with zero attached hydrogens (tertiary/aromatic N) is 1. The molecule has 1 rings (SSSR count). The second-order valence-electron chi connectivity index (χ2n) is 4.69. The molecule has 1 fully saturated rings. The largest absolute Gasteiger partial charge is 0.468 e. The SMILES string of the molecule is COC(=O)C(C)N(C)C1CCCCC1C. The first-order chi connectivity index (χ1) is 7.07. The van der Waals surface area contributed by atoms with Crippen LogP contribution in [-0.2, 0) is 9.53 Å². The van der Waals surface area contributed by atoms with E-state index in [4.69, 9.17) is 4.74 Å². The van der Waals surface area contributed by atoms with E-state index in [0.717, 1.165) is 0 Å². The van der Waals surface area contributed by atoms with E-state index >= 15 is 0 Å². The first-order valence-electron chi connectivity index (χ1n) is 5.87. The van der Waals surface area contributed by atoms with Gasteiger partial charge < -0.3 is 4.74 Å². The molecule has 1 aliphatic carbocycles. The monoisotopic (exact) mass is 213 g/mol. The number of carbonyl (C=O) groups is 1. The van der Waals surface area contributed by atoms with Gasteiger partial charge in [0.15, 0.2) is 0 Å². The summed E-state index contributed by atoms with van der Waals surface area (Å²) in [5.74, 6) is 0.561. The van der Waals surface area contributed by atoms with Crippen LogP contribution in [0.5, 0.6) is 0 Å². The van der Waals surface area contributed by atoms with E-state index in [9.17, 15) is 4.79 Å². The molecule has 0 spiro atoms. The Labute approximate surface area is 92.8 Å².